The van der Waals surface area contributed by atoms with Crippen LogP contribution in [0.2, 0.25) is 0 Å². The Hall–Kier alpha value is -0.610. The van der Waals surface area contributed by atoms with Crippen LogP contribution in [0.5, 0.6) is 0 Å². The average molecular weight is 355 g/mol. The Morgan fingerprint density at radius 3 is 2.17 bits per heavy atom. The molecule has 138 valence electrons. The lowest BCUT2D eigenvalue weighted by molar-refractivity contribution is -0.0537. The van der Waals surface area contributed by atoms with Crippen molar-refractivity contribution in [3.05, 3.63) is 35.9 Å². The van der Waals surface area contributed by atoms with Crippen LogP contribution in [0.4, 0.5) is 0 Å². The molecule has 2 rings (SSSR count). The third-order valence-electron chi connectivity index (χ3n) is 5.39. The van der Waals surface area contributed by atoms with Gasteiger partial charge in [-0.15, -0.1) is 12.4 Å². The van der Waals surface area contributed by atoms with Crippen LogP contribution in [-0.4, -0.2) is 40.3 Å². The molecule has 2 unspecified atom stereocenters. The first-order valence-electron chi connectivity index (χ1n) is 8.96. The van der Waals surface area contributed by atoms with Gasteiger partial charge in [0.2, 0.25) is 0 Å². The number of β-amino-alcohol motifs (C(OH)–C–C–N with tert-alkyl or cyclic N) is 1. The van der Waals surface area contributed by atoms with E-state index in [1.165, 1.54) is 24.8 Å². The van der Waals surface area contributed by atoms with Crippen LogP contribution in [0.3, 0.4) is 0 Å². The first-order chi connectivity index (χ1) is 10.7. The molecule has 2 atom stereocenters. The standard InChI is InChI=1S/C20H34N2O.ClH/c1-16(17-10-7-6-8-11-17)21-14-18(23)15-22-19(2,3)12-9-13-20(22,4)5;/h6-8,10-11,16,18,21,23H,9,12-15H2,1-5H3;1H. The highest BCUT2D eigenvalue weighted by molar-refractivity contribution is 5.85. The molecule has 3 nitrogen and oxygen atoms in total. The molecule has 4 heteroatoms. The van der Waals surface area contributed by atoms with Gasteiger partial charge in [0.1, 0.15) is 0 Å². The zero-order chi connectivity index (χ0) is 17.1. The fraction of sp³-hybridized carbons (Fsp3) is 0.700. The second-order valence-corrected chi connectivity index (χ2v) is 8.28. The molecule has 2 N–H and O–H groups in total. The molecule has 1 heterocycles. The summed E-state index contributed by atoms with van der Waals surface area (Å²) in [6, 6.07) is 10.7. The quantitative estimate of drug-likeness (QED) is 0.805. The summed E-state index contributed by atoms with van der Waals surface area (Å²) in [5, 5.41) is 14.0. The van der Waals surface area contributed by atoms with E-state index in [2.05, 4.69) is 69.1 Å². The summed E-state index contributed by atoms with van der Waals surface area (Å²) in [7, 11) is 0. The van der Waals surface area contributed by atoms with Gasteiger partial charge in [0.05, 0.1) is 6.10 Å². The lowest BCUT2D eigenvalue weighted by atomic mass is 9.79. The molecule has 1 saturated heterocycles. The van der Waals surface area contributed by atoms with Gasteiger partial charge < -0.3 is 10.4 Å². The number of piperidine rings is 1. The smallest absolute Gasteiger partial charge is 0.0791 e. The van der Waals surface area contributed by atoms with Gasteiger partial charge in [0.25, 0.3) is 0 Å². The van der Waals surface area contributed by atoms with Gasteiger partial charge >= 0.3 is 0 Å². The summed E-state index contributed by atoms with van der Waals surface area (Å²) in [6.07, 6.45) is 3.34. The summed E-state index contributed by atoms with van der Waals surface area (Å²) >= 11 is 0. The second-order valence-electron chi connectivity index (χ2n) is 8.28. The number of hydrogen-bond donors (Lipinski definition) is 2. The summed E-state index contributed by atoms with van der Waals surface area (Å²) in [5.41, 5.74) is 1.58. The van der Waals surface area contributed by atoms with Crippen LogP contribution in [0.15, 0.2) is 30.3 Å². The van der Waals surface area contributed by atoms with Crippen LogP contribution in [0, 0.1) is 0 Å². The van der Waals surface area contributed by atoms with Crippen molar-refractivity contribution in [2.24, 2.45) is 0 Å². The zero-order valence-electron chi connectivity index (χ0n) is 15.9. The number of hydrogen-bond acceptors (Lipinski definition) is 3. The van der Waals surface area contributed by atoms with Crippen molar-refractivity contribution in [2.45, 2.75) is 77.1 Å². The van der Waals surface area contributed by atoms with E-state index in [4.69, 9.17) is 0 Å². The Morgan fingerprint density at radius 2 is 1.62 bits per heavy atom. The maximum atomic E-state index is 10.6. The lowest BCUT2D eigenvalue weighted by Crippen LogP contribution is -2.61. The van der Waals surface area contributed by atoms with Crippen LogP contribution in [-0.2, 0) is 0 Å². The van der Waals surface area contributed by atoms with Gasteiger partial charge in [0.15, 0.2) is 0 Å². The number of rotatable bonds is 6. The summed E-state index contributed by atoms with van der Waals surface area (Å²) in [5.74, 6) is 0. The molecule has 0 saturated carbocycles. The van der Waals surface area contributed by atoms with E-state index in [1.54, 1.807) is 0 Å². The summed E-state index contributed by atoms with van der Waals surface area (Å²) < 4.78 is 0. The van der Waals surface area contributed by atoms with Crippen molar-refractivity contribution in [2.75, 3.05) is 13.1 Å². The molecule has 0 radical (unpaired) electrons. The number of benzene rings is 1. The topological polar surface area (TPSA) is 35.5 Å². The minimum Gasteiger partial charge on any atom is -0.390 e. The molecule has 1 aliphatic heterocycles. The van der Waals surface area contributed by atoms with E-state index in [9.17, 15) is 5.11 Å². The van der Waals surface area contributed by atoms with Crippen molar-refractivity contribution in [3.8, 4) is 0 Å². The van der Waals surface area contributed by atoms with Crippen LogP contribution in [0.25, 0.3) is 0 Å². The van der Waals surface area contributed by atoms with Gasteiger partial charge in [-0.3, -0.25) is 4.90 Å². The predicted molar refractivity (Wildman–Crippen MR) is 105 cm³/mol. The van der Waals surface area contributed by atoms with Gasteiger partial charge in [-0.25, -0.2) is 0 Å². The Balaban J connectivity index is 0.00000288. The predicted octanol–water partition coefficient (Wildman–Crippen LogP) is 4.16. The highest BCUT2D eigenvalue weighted by Gasteiger charge is 2.41. The van der Waals surface area contributed by atoms with Crippen molar-refractivity contribution in [1.82, 2.24) is 10.2 Å². The molecule has 0 bridgehead atoms. The normalized spacial score (nSPS) is 22.4. The molecule has 1 aromatic carbocycles. The van der Waals surface area contributed by atoms with Crippen LogP contribution >= 0.6 is 12.4 Å². The Bertz CT molecular complexity index is 474. The maximum absolute atomic E-state index is 10.6. The first kappa shape index (κ1) is 21.4. The minimum absolute atomic E-state index is 0. The fourth-order valence-electron chi connectivity index (χ4n) is 3.98. The fourth-order valence-corrected chi connectivity index (χ4v) is 3.98. The molecule has 1 aliphatic rings. The average Bonchev–Trinajstić information content (AvgIpc) is 2.49. The number of aliphatic hydroxyl groups excluding tert-OH is 1. The lowest BCUT2D eigenvalue weighted by Gasteiger charge is -2.53. The van der Waals surface area contributed by atoms with Gasteiger partial charge in [-0.1, -0.05) is 30.3 Å². The number of halogens is 1. The van der Waals surface area contributed by atoms with E-state index in [0.717, 1.165) is 6.54 Å². The molecular formula is C20H35ClN2O. The van der Waals surface area contributed by atoms with Crippen LogP contribution in [0.1, 0.15) is 65.5 Å². The minimum atomic E-state index is -0.349. The summed E-state index contributed by atoms with van der Waals surface area (Å²) in [4.78, 5) is 2.50. The Morgan fingerprint density at radius 1 is 1.08 bits per heavy atom. The largest absolute Gasteiger partial charge is 0.390 e. The molecule has 0 aliphatic carbocycles. The Labute approximate surface area is 154 Å². The van der Waals surface area contributed by atoms with Gasteiger partial charge in [-0.05, 0) is 59.4 Å². The van der Waals surface area contributed by atoms with Crippen LogP contribution < -0.4 is 5.32 Å². The highest BCUT2D eigenvalue weighted by Crippen LogP contribution is 2.38. The second kappa shape index (κ2) is 8.66. The van der Waals surface area contributed by atoms with E-state index in [1.807, 2.05) is 6.07 Å². The molecular weight excluding hydrogens is 320 g/mol. The van der Waals surface area contributed by atoms with Crippen molar-refractivity contribution in [1.29, 1.82) is 0 Å². The molecule has 0 aromatic heterocycles. The molecule has 1 aromatic rings. The molecule has 0 amide bonds. The molecule has 1 fully saturated rings. The summed E-state index contributed by atoms with van der Waals surface area (Å²) in [6.45, 7) is 12.7. The maximum Gasteiger partial charge on any atom is 0.0791 e. The van der Waals surface area contributed by atoms with E-state index >= 15 is 0 Å². The third-order valence-corrected chi connectivity index (χ3v) is 5.39. The van der Waals surface area contributed by atoms with E-state index < -0.39 is 0 Å². The zero-order valence-corrected chi connectivity index (χ0v) is 16.7. The third kappa shape index (κ3) is 5.45. The monoisotopic (exact) mass is 354 g/mol. The number of likely N-dealkylation sites (tertiary alicyclic amines) is 1. The highest BCUT2D eigenvalue weighted by atomic mass is 35.5. The molecule has 0 spiro atoms. The van der Waals surface area contributed by atoms with Gasteiger partial charge in [0, 0.05) is 30.2 Å². The van der Waals surface area contributed by atoms with E-state index in [-0.39, 0.29) is 35.6 Å². The Kier molecular flexibility index (Phi) is 7.74. The number of nitrogens with one attached hydrogen (secondary N) is 1. The number of aliphatic hydroxyl groups is 1. The molecule has 24 heavy (non-hydrogen) atoms. The SMILES string of the molecule is CC(NCC(O)CN1C(C)(C)CCCC1(C)C)c1ccccc1.Cl. The first-order valence-corrected chi connectivity index (χ1v) is 8.96. The van der Waals surface area contributed by atoms with Crippen molar-refractivity contribution < 1.29 is 5.11 Å². The van der Waals surface area contributed by atoms with Gasteiger partial charge in [-0.2, -0.15) is 0 Å². The van der Waals surface area contributed by atoms with E-state index in [0.29, 0.717) is 6.54 Å². The van der Waals surface area contributed by atoms with Crippen molar-refractivity contribution >= 4 is 12.4 Å². The number of nitrogens with zero attached hydrogens (tertiary/aromatic N) is 1. The van der Waals surface area contributed by atoms with Crippen molar-refractivity contribution in [3.63, 3.8) is 0 Å².